The van der Waals surface area contributed by atoms with Gasteiger partial charge in [-0.05, 0) is 24.6 Å². The Morgan fingerprint density at radius 2 is 2.17 bits per heavy atom. The highest BCUT2D eigenvalue weighted by Gasteiger charge is 2.05. The van der Waals surface area contributed by atoms with Crippen molar-refractivity contribution in [2.45, 2.75) is 11.8 Å². The molecule has 0 saturated heterocycles. The van der Waals surface area contributed by atoms with Gasteiger partial charge in [0.2, 0.25) is 0 Å². The van der Waals surface area contributed by atoms with E-state index in [9.17, 15) is 0 Å². The van der Waals surface area contributed by atoms with Crippen LogP contribution in [0, 0.1) is 6.92 Å². The molecule has 2 rings (SSSR count). The lowest BCUT2D eigenvalue weighted by Crippen LogP contribution is -1.75. The van der Waals surface area contributed by atoms with E-state index in [4.69, 9.17) is 11.6 Å². The maximum atomic E-state index is 5.99. The second kappa shape index (κ2) is 2.95. The van der Waals surface area contributed by atoms with Gasteiger partial charge in [0.05, 0.1) is 0 Å². The average Bonchev–Trinajstić information content (AvgIpc) is 2.41. The lowest BCUT2D eigenvalue weighted by molar-refractivity contribution is 1.50. The number of fused-ring (bicyclic) bond motifs is 1. The Labute approximate surface area is 85.6 Å². The third-order valence-corrected chi connectivity index (χ3v) is 3.80. The summed E-state index contributed by atoms with van der Waals surface area (Å²) in [5.41, 5.74) is 1.13. The molecule has 1 heterocycles. The van der Waals surface area contributed by atoms with Gasteiger partial charge >= 0.3 is 0 Å². The third kappa shape index (κ3) is 1.15. The Bertz CT molecular complexity index is 431. The molecule has 0 nitrogen and oxygen atoms in total. The van der Waals surface area contributed by atoms with E-state index in [1.165, 1.54) is 10.1 Å². The maximum absolute atomic E-state index is 5.99. The molecule has 62 valence electrons. The van der Waals surface area contributed by atoms with Crippen LogP contribution in [0.25, 0.3) is 10.1 Å². The van der Waals surface area contributed by atoms with Gasteiger partial charge in [0.25, 0.3) is 0 Å². The minimum Gasteiger partial charge on any atom is -0.143 e. The molecule has 0 aliphatic carbocycles. The van der Waals surface area contributed by atoms with Crippen LogP contribution in [0.4, 0.5) is 0 Å². The second-order valence-corrected chi connectivity index (χ2v) is 4.47. The maximum Gasteiger partial charge on any atom is 0.0442 e. The van der Waals surface area contributed by atoms with Crippen LogP contribution in [0.5, 0.6) is 0 Å². The van der Waals surface area contributed by atoms with E-state index in [0.29, 0.717) is 0 Å². The van der Waals surface area contributed by atoms with Crippen molar-refractivity contribution in [1.82, 2.24) is 0 Å². The zero-order valence-electron chi connectivity index (χ0n) is 6.47. The van der Waals surface area contributed by atoms with Crippen molar-refractivity contribution in [3.63, 3.8) is 0 Å². The number of halogens is 1. The topological polar surface area (TPSA) is 0 Å². The Balaban J connectivity index is 2.96. The summed E-state index contributed by atoms with van der Waals surface area (Å²) < 4.78 is 1.25. The summed E-state index contributed by atoms with van der Waals surface area (Å²) in [4.78, 5) is 1.02. The predicted octanol–water partition coefficient (Wildman–Crippen LogP) is 4.15. The highest BCUT2D eigenvalue weighted by molar-refractivity contribution is 7.80. The minimum atomic E-state index is 0.816. The highest BCUT2D eigenvalue weighted by Crippen LogP contribution is 2.34. The molecule has 0 aliphatic rings. The van der Waals surface area contributed by atoms with Crippen molar-refractivity contribution in [3.05, 3.63) is 28.1 Å². The number of thiol groups is 1. The van der Waals surface area contributed by atoms with Gasteiger partial charge in [-0.1, -0.05) is 11.6 Å². The SMILES string of the molecule is Cc1c(Cl)ccc2scc(S)c12. The summed E-state index contributed by atoms with van der Waals surface area (Å²) >= 11 is 12.1. The molecular formula is C9H7ClS2. The fourth-order valence-electron chi connectivity index (χ4n) is 1.26. The van der Waals surface area contributed by atoms with Crippen LogP contribution in [0.2, 0.25) is 5.02 Å². The first-order valence-electron chi connectivity index (χ1n) is 3.55. The molecule has 0 spiro atoms. The lowest BCUT2D eigenvalue weighted by atomic mass is 10.1. The fourth-order valence-corrected chi connectivity index (χ4v) is 2.82. The molecule has 0 amide bonds. The Hall–Kier alpha value is -0.180. The molecule has 0 fully saturated rings. The normalized spacial score (nSPS) is 10.9. The van der Waals surface area contributed by atoms with Gasteiger partial charge in [-0.25, -0.2) is 0 Å². The molecule has 12 heavy (non-hydrogen) atoms. The molecule has 0 atom stereocenters. The zero-order chi connectivity index (χ0) is 8.72. The van der Waals surface area contributed by atoms with Gasteiger partial charge in [-0.3, -0.25) is 0 Å². The van der Waals surface area contributed by atoms with Crippen LogP contribution in [-0.2, 0) is 0 Å². The van der Waals surface area contributed by atoms with Crippen molar-refractivity contribution >= 4 is 45.7 Å². The molecule has 1 aromatic heterocycles. The van der Waals surface area contributed by atoms with Crippen LogP contribution in [0.1, 0.15) is 5.56 Å². The first kappa shape index (κ1) is 8.42. The van der Waals surface area contributed by atoms with Crippen LogP contribution in [-0.4, -0.2) is 0 Å². The van der Waals surface area contributed by atoms with E-state index in [-0.39, 0.29) is 0 Å². The number of benzene rings is 1. The van der Waals surface area contributed by atoms with Gasteiger partial charge < -0.3 is 0 Å². The van der Waals surface area contributed by atoms with Crippen molar-refractivity contribution in [2.24, 2.45) is 0 Å². The quantitative estimate of drug-likeness (QED) is 0.626. The predicted molar refractivity (Wildman–Crippen MR) is 58.8 cm³/mol. The van der Waals surface area contributed by atoms with E-state index in [1.807, 2.05) is 24.4 Å². The molecule has 3 heteroatoms. The second-order valence-electron chi connectivity index (χ2n) is 2.67. The van der Waals surface area contributed by atoms with Crippen LogP contribution >= 0.6 is 35.6 Å². The van der Waals surface area contributed by atoms with Gasteiger partial charge in [0.1, 0.15) is 0 Å². The largest absolute Gasteiger partial charge is 0.143 e. The summed E-state index contributed by atoms with van der Waals surface area (Å²) in [6, 6.07) is 3.97. The van der Waals surface area contributed by atoms with Crippen molar-refractivity contribution in [1.29, 1.82) is 0 Å². The summed E-state index contributed by atoms with van der Waals surface area (Å²) in [5, 5.41) is 4.05. The standard InChI is InChI=1S/C9H7ClS2/c1-5-6(10)2-3-8-9(5)7(11)4-12-8/h2-4,11H,1H3. The molecule has 0 saturated carbocycles. The summed E-state index contributed by atoms with van der Waals surface area (Å²) in [5.74, 6) is 0. The van der Waals surface area contributed by atoms with Crippen LogP contribution < -0.4 is 0 Å². The fraction of sp³-hybridized carbons (Fsp3) is 0.111. The number of hydrogen-bond acceptors (Lipinski definition) is 2. The zero-order valence-corrected chi connectivity index (χ0v) is 8.93. The molecule has 0 unspecified atom stereocenters. The van der Waals surface area contributed by atoms with E-state index in [0.717, 1.165) is 15.5 Å². The van der Waals surface area contributed by atoms with E-state index in [2.05, 4.69) is 12.6 Å². The smallest absolute Gasteiger partial charge is 0.0442 e. The van der Waals surface area contributed by atoms with Crippen LogP contribution in [0.3, 0.4) is 0 Å². The molecule has 2 aromatic rings. The summed E-state index contributed by atoms with van der Waals surface area (Å²) in [7, 11) is 0. The number of hydrogen-bond donors (Lipinski definition) is 1. The number of aryl methyl sites for hydroxylation is 1. The van der Waals surface area contributed by atoms with Gasteiger partial charge in [-0.2, -0.15) is 0 Å². The first-order chi connectivity index (χ1) is 5.70. The molecule has 0 N–H and O–H groups in total. The van der Waals surface area contributed by atoms with Gasteiger partial charge in [0.15, 0.2) is 0 Å². The van der Waals surface area contributed by atoms with E-state index < -0.39 is 0 Å². The highest BCUT2D eigenvalue weighted by atomic mass is 35.5. The van der Waals surface area contributed by atoms with Crippen molar-refractivity contribution in [2.75, 3.05) is 0 Å². The lowest BCUT2D eigenvalue weighted by Gasteiger charge is -1.99. The Morgan fingerprint density at radius 1 is 1.42 bits per heavy atom. The van der Waals surface area contributed by atoms with E-state index >= 15 is 0 Å². The molecule has 1 aromatic carbocycles. The molecule has 0 aliphatic heterocycles. The van der Waals surface area contributed by atoms with Crippen molar-refractivity contribution < 1.29 is 0 Å². The molecule has 0 bridgehead atoms. The van der Waals surface area contributed by atoms with Crippen molar-refractivity contribution in [3.8, 4) is 0 Å². The third-order valence-electron chi connectivity index (χ3n) is 1.91. The monoisotopic (exact) mass is 214 g/mol. The van der Waals surface area contributed by atoms with E-state index in [1.54, 1.807) is 11.3 Å². The van der Waals surface area contributed by atoms with Gasteiger partial charge in [0, 0.05) is 25.4 Å². The Kier molecular flexibility index (Phi) is 2.07. The number of rotatable bonds is 0. The van der Waals surface area contributed by atoms with Crippen LogP contribution in [0.15, 0.2) is 22.4 Å². The summed E-state index contributed by atoms with van der Waals surface area (Å²) in [6.07, 6.45) is 0. The minimum absolute atomic E-state index is 0.816. The molecule has 0 radical (unpaired) electrons. The Morgan fingerprint density at radius 3 is 2.92 bits per heavy atom. The average molecular weight is 215 g/mol. The molecular weight excluding hydrogens is 208 g/mol. The first-order valence-corrected chi connectivity index (χ1v) is 5.26. The number of thiophene rings is 1. The summed E-state index contributed by atoms with van der Waals surface area (Å²) in [6.45, 7) is 2.02. The van der Waals surface area contributed by atoms with Gasteiger partial charge in [-0.15, -0.1) is 24.0 Å².